The monoisotopic (exact) mass is 710 g/mol. The number of aromatic nitrogens is 7. The van der Waals surface area contributed by atoms with Crippen LogP contribution in [-0.4, -0.2) is 63.7 Å². The highest BCUT2D eigenvalue weighted by molar-refractivity contribution is 5.98. The van der Waals surface area contributed by atoms with Gasteiger partial charge in [0, 0.05) is 59.2 Å². The fourth-order valence-electron chi connectivity index (χ4n) is 8.08. The van der Waals surface area contributed by atoms with E-state index in [0.717, 1.165) is 52.4 Å². The molecule has 4 aromatic heterocycles. The SMILES string of the molecule is Cc1cc(-n2nc3c(c2-n2ccn(-c4ccc5cnncc5c4)c2=O)CN(C(=O)c2cc4cc([C@H]5CCOC(C)(C)C5)ccc4[nH]2)CC3)cc(C)c1F. The second kappa shape index (κ2) is 12.4. The molecule has 12 heteroatoms. The highest BCUT2D eigenvalue weighted by Gasteiger charge is 2.32. The molecule has 1 N–H and O–H groups in total. The number of amides is 1. The molecular weight excluding hydrogens is 672 g/mol. The number of nitrogens with one attached hydrogen (secondary N) is 1. The summed E-state index contributed by atoms with van der Waals surface area (Å²) in [6, 6.07) is 17.5. The fraction of sp³-hybridized carbons (Fsp3) is 0.293. The van der Waals surface area contributed by atoms with Crippen molar-refractivity contribution in [3.8, 4) is 17.2 Å². The summed E-state index contributed by atoms with van der Waals surface area (Å²) >= 11 is 0. The zero-order valence-corrected chi connectivity index (χ0v) is 30.1. The normalized spacial score (nSPS) is 17.1. The maximum Gasteiger partial charge on any atom is 0.338 e. The van der Waals surface area contributed by atoms with Crippen LogP contribution in [0.1, 0.15) is 71.0 Å². The van der Waals surface area contributed by atoms with E-state index < -0.39 is 0 Å². The number of aryl methyl sites for hydroxylation is 2. The van der Waals surface area contributed by atoms with E-state index in [1.54, 1.807) is 69.5 Å². The van der Waals surface area contributed by atoms with Gasteiger partial charge in [0.15, 0.2) is 0 Å². The van der Waals surface area contributed by atoms with Crippen LogP contribution < -0.4 is 5.69 Å². The minimum Gasteiger partial charge on any atom is -0.376 e. The lowest BCUT2D eigenvalue weighted by atomic mass is 9.83. The number of rotatable bonds is 5. The van der Waals surface area contributed by atoms with Gasteiger partial charge in [0.1, 0.15) is 17.3 Å². The molecule has 9 rings (SSSR count). The fourth-order valence-corrected chi connectivity index (χ4v) is 8.08. The molecule has 0 saturated carbocycles. The Hall–Kier alpha value is -5.88. The van der Waals surface area contributed by atoms with Gasteiger partial charge in [-0.2, -0.15) is 15.3 Å². The summed E-state index contributed by atoms with van der Waals surface area (Å²) in [6.07, 6.45) is 9.18. The molecule has 2 aliphatic heterocycles. The molecule has 0 aliphatic carbocycles. The van der Waals surface area contributed by atoms with Gasteiger partial charge in [-0.15, -0.1) is 0 Å². The molecule has 7 aromatic rings. The van der Waals surface area contributed by atoms with Crippen molar-refractivity contribution >= 4 is 27.6 Å². The number of ether oxygens (including phenoxy) is 1. The summed E-state index contributed by atoms with van der Waals surface area (Å²) in [4.78, 5) is 33.6. The van der Waals surface area contributed by atoms with Crippen molar-refractivity contribution in [3.63, 3.8) is 0 Å². The largest absolute Gasteiger partial charge is 0.376 e. The molecule has 0 unspecified atom stereocenters. The lowest BCUT2D eigenvalue weighted by Crippen LogP contribution is -2.36. The molecule has 1 atom stereocenters. The number of carbonyl (C=O) groups excluding carboxylic acids is 1. The Bertz CT molecular complexity index is 2620. The first kappa shape index (κ1) is 33.0. The van der Waals surface area contributed by atoms with Crippen molar-refractivity contribution in [1.29, 1.82) is 0 Å². The maximum absolute atomic E-state index is 14.8. The number of benzene rings is 3. The van der Waals surface area contributed by atoms with Crippen molar-refractivity contribution in [1.82, 2.24) is 39.0 Å². The van der Waals surface area contributed by atoms with Crippen molar-refractivity contribution in [2.45, 2.75) is 65.0 Å². The second-order valence-corrected chi connectivity index (χ2v) is 15.0. The number of hydrogen-bond donors (Lipinski definition) is 1. The Morgan fingerprint density at radius 3 is 2.49 bits per heavy atom. The van der Waals surface area contributed by atoms with E-state index in [-0.39, 0.29) is 29.6 Å². The molecular formula is C41H39FN8O3. The number of nitrogens with zero attached hydrogens (tertiary/aromatic N) is 7. The number of hydrogen-bond acceptors (Lipinski definition) is 6. The molecule has 11 nitrogen and oxygen atoms in total. The van der Waals surface area contributed by atoms with Gasteiger partial charge in [0.25, 0.3) is 5.91 Å². The standard InChI is InChI=1S/C41H39FN8O3/c1-24-15-32(16-25(2)37(24)42)50-38(49-13-12-48(40(49)52)31-7-5-28-21-43-44-22-30(28)18-31)33-23-47(11-9-35(33)46-50)39(51)36-19-29-17-26(6-8-34(29)45-36)27-10-14-53-41(3,4)20-27/h5-8,12-13,15-19,21-22,27,45H,9-11,14,20,23H2,1-4H3/t27-/m0/s1. The van der Waals surface area contributed by atoms with Gasteiger partial charge < -0.3 is 14.6 Å². The lowest BCUT2D eigenvalue weighted by Gasteiger charge is -2.35. The third kappa shape index (κ3) is 5.73. The summed E-state index contributed by atoms with van der Waals surface area (Å²) in [5, 5.41) is 15.7. The van der Waals surface area contributed by atoms with Crippen molar-refractivity contribution in [3.05, 3.63) is 129 Å². The van der Waals surface area contributed by atoms with Crippen LogP contribution in [-0.2, 0) is 17.7 Å². The van der Waals surface area contributed by atoms with Gasteiger partial charge in [0.2, 0.25) is 0 Å². The van der Waals surface area contributed by atoms with E-state index in [1.807, 2.05) is 24.3 Å². The molecule has 268 valence electrons. The summed E-state index contributed by atoms with van der Waals surface area (Å²) in [5.74, 6) is 0.501. The van der Waals surface area contributed by atoms with Crippen LogP contribution in [0.25, 0.3) is 38.9 Å². The van der Waals surface area contributed by atoms with Crippen LogP contribution >= 0.6 is 0 Å². The minimum absolute atomic E-state index is 0.128. The van der Waals surface area contributed by atoms with Gasteiger partial charge in [-0.25, -0.2) is 13.9 Å². The molecule has 1 saturated heterocycles. The van der Waals surface area contributed by atoms with E-state index in [2.05, 4.69) is 47.2 Å². The molecule has 0 bridgehead atoms. The molecule has 0 spiro atoms. The number of H-pyrrole nitrogens is 1. The van der Waals surface area contributed by atoms with Crippen LogP contribution in [0.2, 0.25) is 0 Å². The van der Waals surface area contributed by atoms with Crippen LogP contribution in [0.5, 0.6) is 0 Å². The molecule has 2 aliphatic rings. The van der Waals surface area contributed by atoms with Crippen LogP contribution in [0.3, 0.4) is 0 Å². The molecule has 53 heavy (non-hydrogen) atoms. The van der Waals surface area contributed by atoms with E-state index in [0.29, 0.717) is 52.9 Å². The van der Waals surface area contributed by atoms with Crippen LogP contribution in [0.4, 0.5) is 4.39 Å². The maximum atomic E-state index is 14.8. The Kier molecular flexibility index (Phi) is 7.70. The predicted molar refractivity (Wildman–Crippen MR) is 200 cm³/mol. The zero-order chi connectivity index (χ0) is 36.6. The van der Waals surface area contributed by atoms with E-state index >= 15 is 0 Å². The third-order valence-electron chi connectivity index (χ3n) is 10.8. The van der Waals surface area contributed by atoms with Gasteiger partial charge in [-0.05, 0) is 106 Å². The van der Waals surface area contributed by atoms with Gasteiger partial charge in [0.05, 0.1) is 41.6 Å². The van der Waals surface area contributed by atoms with Crippen molar-refractivity contribution in [2.75, 3.05) is 13.2 Å². The topological polar surface area (TPSA) is 116 Å². The number of carbonyl (C=O) groups is 1. The first-order chi connectivity index (χ1) is 25.5. The second-order valence-electron chi connectivity index (χ2n) is 15.0. The van der Waals surface area contributed by atoms with Gasteiger partial charge in [-0.3, -0.25) is 13.9 Å². The Morgan fingerprint density at radius 2 is 1.70 bits per heavy atom. The average Bonchev–Trinajstić information content (AvgIpc) is 3.86. The van der Waals surface area contributed by atoms with Crippen LogP contribution in [0.15, 0.2) is 84.2 Å². The lowest BCUT2D eigenvalue weighted by molar-refractivity contribution is -0.0592. The minimum atomic E-state index is -0.311. The Morgan fingerprint density at radius 1 is 0.925 bits per heavy atom. The number of halogens is 1. The summed E-state index contributed by atoms with van der Waals surface area (Å²) < 4.78 is 25.6. The first-order valence-corrected chi connectivity index (χ1v) is 18.0. The Balaban J connectivity index is 1.09. The van der Waals surface area contributed by atoms with Gasteiger partial charge >= 0.3 is 5.69 Å². The Labute approximate surface area is 304 Å². The summed E-state index contributed by atoms with van der Waals surface area (Å²) in [6.45, 7) is 9.14. The highest BCUT2D eigenvalue weighted by Crippen LogP contribution is 2.37. The number of imidazole rings is 1. The van der Waals surface area contributed by atoms with E-state index in [1.165, 1.54) is 5.56 Å². The smallest absolute Gasteiger partial charge is 0.338 e. The van der Waals surface area contributed by atoms with Crippen LogP contribution in [0, 0.1) is 19.7 Å². The number of aromatic amines is 1. The zero-order valence-electron chi connectivity index (χ0n) is 30.1. The van der Waals surface area contributed by atoms with Crippen molar-refractivity contribution < 1.29 is 13.9 Å². The predicted octanol–water partition coefficient (Wildman–Crippen LogP) is 6.87. The molecule has 1 fully saturated rings. The van der Waals surface area contributed by atoms with Gasteiger partial charge in [-0.1, -0.05) is 12.1 Å². The first-order valence-electron chi connectivity index (χ1n) is 18.0. The average molecular weight is 711 g/mol. The summed E-state index contributed by atoms with van der Waals surface area (Å²) in [7, 11) is 0. The highest BCUT2D eigenvalue weighted by atomic mass is 19.1. The quantitative estimate of drug-likeness (QED) is 0.209. The molecule has 0 radical (unpaired) electrons. The molecule has 6 heterocycles. The van der Waals surface area contributed by atoms with E-state index in [4.69, 9.17) is 9.84 Å². The van der Waals surface area contributed by atoms with E-state index in [9.17, 15) is 14.0 Å². The molecule has 1 amide bonds. The van der Waals surface area contributed by atoms with Crippen molar-refractivity contribution in [2.24, 2.45) is 0 Å². The summed E-state index contributed by atoms with van der Waals surface area (Å²) in [5.41, 5.74) is 6.00. The number of fused-ring (bicyclic) bond motifs is 3. The molecule has 3 aromatic carbocycles. The third-order valence-corrected chi connectivity index (χ3v) is 10.8.